The van der Waals surface area contributed by atoms with Crippen LogP contribution < -0.4 is 16.2 Å². The number of aryl methyl sites for hydroxylation is 1. The molecule has 0 unspecified atom stereocenters. The maximum Gasteiger partial charge on any atom is 0.323 e. The first kappa shape index (κ1) is 17.9. The summed E-state index contributed by atoms with van der Waals surface area (Å²) < 4.78 is 27.2. The highest BCUT2D eigenvalue weighted by Crippen LogP contribution is 2.29. The van der Waals surface area contributed by atoms with E-state index in [4.69, 9.17) is 11.5 Å². The molecule has 3 atom stereocenters. The number of hydrogen-bond donors (Lipinski definition) is 4. The van der Waals surface area contributed by atoms with E-state index in [0.29, 0.717) is 12.8 Å². The van der Waals surface area contributed by atoms with Gasteiger partial charge in [0.25, 0.3) is 0 Å². The van der Waals surface area contributed by atoms with Crippen LogP contribution in [0.25, 0.3) is 0 Å². The minimum absolute atomic E-state index is 0.00216. The second-order valence-corrected chi connectivity index (χ2v) is 7.88. The first-order valence-corrected chi connectivity index (χ1v) is 9.01. The van der Waals surface area contributed by atoms with Crippen molar-refractivity contribution in [1.82, 2.24) is 4.72 Å². The number of nitrogens with two attached hydrogens (primary N) is 2. The van der Waals surface area contributed by atoms with E-state index in [-0.39, 0.29) is 4.90 Å². The third-order valence-electron chi connectivity index (χ3n) is 4.45. The summed E-state index contributed by atoms with van der Waals surface area (Å²) in [6, 6.07) is 4.12. The zero-order valence-electron chi connectivity index (χ0n) is 13.0. The summed E-state index contributed by atoms with van der Waals surface area (Å²) in [5.41, 5.74) is 11.8. The van der Waals surface area contributed by atoms with Crippen molar-refractivity contribution in [3.8, 4) is 0 Å². The van der Waals surface area contributed by atoms with Crippen molar-refractivity contribution in [3.63, 3.8) is 0 Å². The molecule has 0 aromatic heterocycles. The van der Waals surface area contributed by atoms with Gasteiger partial charge in [0.1, 0.15) is 6.04 Å². The van der Waals surface area contributed by atoms with Gasteiger partial charge in [-0.2, -0.15) is 4.72 Å². The van der Waals surface area contributed by atoms with Crippen molar-refractivity contribution in [2.24, 2.45) is 11.5 Å². The number of rotatable bonds is 5. The predicted molar refractivity (Wildman–Crippen MR) is 86.3 cm³/mol. The van der Waals surface area contributed by atoms with Gasteiger partial charge in [0, 0.05) is 6.04 Å². The second-order valence-electron chi connectivity index (χ2n) is 6.17. The minimum atomic E-state index is -4.00. The molecule has 6 N–H and O–H groups in total. The van der Waals surface area contributed by atoms with Crippen LogP contribution in [0.3, 0.4) is 0 Å². The molecular weight excluding hydrogens is 318 g/mol. The Bertz CT molecular complexity index is 674. The number of benzene rings is 1. The Morgan fingerprint density at radius 2 is 1.96 bits per heavy atom. The van der Waals surface area contributed by atoms with Gasteiger partial charge in [-0.3, -0.25) is 4.79 Å². The first-order valence-electron chi connectivity index (χ1n) is 7.53. The van der Waals surface area contributed by atoms with Gasteiger partial charge < -0.3 is 16.6 Å². The quantitative estimate of drug-likeness (QED) is 0.609. The molecule has 1 saturated carbocycles. The highest BCUT2D eigenvalue weighted by atomic mass is 32.2. The number of aliphatic carboxylic acids is 1. The lowest BCUT2D eigenvalue weighted by Crippen LogP contribution is -2.70. The van der Waals surface area contributed by atoms with E-state index in [9.17, 15) is 18.3 Å². The topological polar surface area (TPSA) is 136 Å². The molecule has 0 aliphatic heterocycles. The van der Waals surface area contributed by atoms with Crippen LogP contribution in [0.4, 0.5) is 0 Å². The summed E-state index contributed by atoms with van der Waals surface area (Å²) in [5, 5.41) is 9.50. The highest BCUT2D eigenvalue weighted by molar-refractivity contribution is 7.89. The molecule has 1 aromatic carbocycles. The molecule has 1 aromatic rings. The maximum absolute atomic E-state index is 12.5. The maximum atomic E-state index is 12.5. The van der Waals surface area contributed by atoms with Gasteiger partial charge in [-0.25, -0.2) is 8.42 Å². The van der Waals surface area contributed by atoms with Crippen molar-refractivity contribution in [1.29, 1.82) is 0 Å². The van der Waals surface area contributed by atoms with Crippen LogP contribution in [0.15, 0.2) is 29.2 Å². The van der Waals surface area contributed by atoms with E-state index in [2.05, 4.69) is 4.72 Å². The van der Waals surface area contributed by atoms with Crippen molar-refractivity contribution < 1.29 is 18.3 Å². The summed E-state index contributed by atoms with van der Waals surface area (Å²) in [4.78, 5) is 11.7. The van der Waals surface area contributed by atoms with Gasteiger partial charge in [-0.1, -0.05) is 30.5 Å². The molecule has 1 aliphatic rings. The lowest BCUT2D eigenvalue weighted by Gasteiger charge is -2.43. The molecule has 0 radical (unpaired) electrons. The van der Waals surface area contributed by atoms with Crippen LogP contribution >= 0.6 is 0 Å². The molecule has 0 heterocycles. The van der Waals surface area contributed by atoms with Gasteiger partial charge in [0.15, 0.2) is 0 Å². The van der Waals surface area contributed by atoms with Crippen molar-refractivity contribution in [2.75, 3.05) is 0 Å². The fourth-order valence-corrected chi connectivity index (χ4v) is 4.20. The Morgan fingerprint density at radius 1 is 1.35 bits per heavy atom. The van der Waals surface area contributed by atoms with Crippen LogP contribution in [0.2, 0.25) is 0 Å². The molecule has 7 nitrogen and oxygen atoms in total. The molecule has 2 rings (SSSR count). The SMILES string of the molecule is Cc1ccc(S(=O)(=O)N[C@@H](C(=O)O)[C@@]2(N)CCCC[C@H]2N)cc1. The molecule has 0 bridgehead atoms. The third kappa shape index (κ3) is 3.72. The molecule has 1 aliphatic carbocycles. The Balaban J connectivity index is 2.32. The molecule has 128 valence electrons. The lowest BCUT2D eigenvalue weighted by atomic mass is 9.74. The highest BCUT2D eigenvalue weighted by Gasteiger charge is 2.47. The van der Waals surface area contributed by atoms with Crippen LogP contribution in [0.5, 0.6) is 0 Å². The zero-order valence-corrected chi connectivity index (χ0v) is 13.8. The van der Waals surface area contributed by atoms with E-state index in [1.54, 1.807) is 12.1 Å². The van der Waals surface area contributed by atoms with Crippen LogP contribution in [-0.2, 0) is 14.8 Å². The smallest absolute Gasteiger partial charge is 0.323 e. The fourth-order valence-electron chi connectivity index (χ4n) is 2.94. The fraction of sp³-hybridized carbons (Fsp3) is 0.533. The summed E-state index contributed by atoms with van der Waals surface area (Å²) in [7, 11) is -4.00. The second kappa shape index (κ2) is 6.56. The summed E-state index contributed by atoms with van der Waals surface area (Å²) in [5.74, 6) is -1.32. The Kier molecular flexibility index (Phi) is 5.10. The average Bonchev–Trinajstić information content (AvgIpc) is 2.48. The minimum Gasteiger partial charge on any atom is -0.480 e. The molecule has 0 amide bonds. The molecule has 8 heteroatoms. The van der Waals surface area contributed by atoms with E-state index >= 15 is 0 Å². The van der Waals surface area contributed by atoms with Crippen molar-refractivity contribution >= 4 is 16.0 Å². The number of carbonyl (C=O) groups is 1. The van der Waals surface area contributed by atoms with Crippen molar-refractivity contribution in [3.05, 3.63) is 29.8 Å². The van der Waals surface area contributed by atoms with Gasteiger partial charge in [-0.15, -0.1) is 0 Å². The number of sulfonamides is 1. The first-order chi connectivity index (χ1) is 10.7. The van der Waals surface area contributed by atoms with Crippen LogP contribution in [-0.4, -0.2) is 37.1 Å². The van der Waals surface area contributed by atoms with E-state index in [1.807, 2.05) is 6.92 Å². The monoisotopic (exact) mass is 341 g/mol. The van der Waals surface area contributed by atoms with Gasteiger partial charge >= 0.3 is 5.97 Å². The summed E-state index contributed by atoms with van der Waals surface area (Å²) >= 11 is 0. The normalized spacial score (nSPS) is 26.7. The Hall–Kier alpha value is -1.48. The van der Waals surface area contributed by atoms with Gasteiger partial charge in [-0.05, 0) is 31.9 Å². The largest absolute Gasteiger partial charge is 0.480 e. The number of carboxylic acids is 1. The number of nitrogens with one attached hydrogen (secondary N) is 1. The molecular formula is C15H23N3O4S. The Labute approximate surface area is 136 Å². The standard InChI is InChI=1S/C15H23N3O4S/c1-10-5-7-11(8-6-10)23(21,22)18-13(14(19)20)15(17)9-3-2-4-12(15)16/h5-8,12-13,18H,2-4,9,16-17H2,1H3,(H,19,20)/t12-,13+,15-/m1/s1. The molecule has 0 spiro atoms. The average molecular weight is 341 g/mol. The summed E-state index contributed by atoms with van der Waals surface area (Å²) in [6.07, 6.45) is 2.52. The van der Waals surface area contributed by atoms with E-state index < -0.39 is 33.6 Å². The lowest BCUT2D eigenvalue weighted by molar-refractivity contribution is -0.141. The van der Waals surface area contributed by atoms with E-state index in [1.165, 1.54) is 12.1 Å². The Morgan fingerprint density at radius 3 is 2.48 bits per heavy atom. The van der Waals surface area contributed by atoms with Crippen molar-refractivity contribution in [2.45, 2.75) is 55.1 Å². The molecule has 1 fully saturated rings. The zero-order chi connectivity index (χ0) is 17.3. The predicted octanol–water partition coefficient (Wildman–Crippen LogP) is 0.325. The molecule has 0 saturated heterocycles. The van der Waals surface area contributed by atoms with Crippen LogP contribution in [0.1, 0.15) is 31.2 Å². The van der Waals surface area contributed by atoms with Gasteiger partial charge in [0.2, 0.25) is 10.0 Å². The summed E-state index contributed by atoms with van der Waals surface area (Å²) in [6.45, 7) is 1.83. The molecule has 23 heavy (non-hydrogen) atoms. The van der Waals surface area contributed by atoms with Crippen LogP contribution in [0, 0.1) is 6.92 Å². The number of carboxylic acid groups (broad SMARTS) is 1. The third-order valence-corrected chi connectivity index (χ3v) is 5.89. The van der Waals surface area contributed by atoms with Gasteiger partial charge in [0.05, 0.1) is 10.4 Å². The van der Waals surface area contributed by atoms with E-state index in [0.717, 1.165) is 18.4 Å². The number of hydrogen-bond acceptors (Lipinski definition) is 5.